The molecule has 0 aliphatic heterocycles. The maximum Gasteiger partial charge on any atom is 0.409 e. The number of tetrazole rings is 1. The van der Waals surface area contributed by atoms with E-state index in [2.05, 4.69) is 20.7 Å². The number of benzene rings is 1. The first-order valence-electron chi connectivity index (χ1n) is 7.92. The van der Waals surface area contributed by atoms with E-state index in [1.165, 1.54) is 0 Å². The van der Waals surface area contributed by atoms with Crippen LogP contribution in [0.15, 0.2) is 24.3 Å². The number of aromatic nitrogens is 4. The van der Waals surface area contributed by atoms with Crippen LogP contribution in [0.2, 0.25) is 0 Å². The number of hydrogen-bond donors (Lipinski definition) is 1. The Morgan fingerprint density at radius 1 is 1.19 bits per heavy atom. The standard InChI is InChI=1S/C16H20F3N5O2/c1-15(2,3)26-14(25)20-9-8-11-4-6-12(7-5-11)13-21-23-24(22-13)10-16(17,18)19/h4-7H,8-10H2,1-3H3,(H,20,25). The maximum atomic E-state index is 12.3. The molecule has 2 rings (SSSR count). The van der Waals surface area contributed by atoms with Crippen LogP contribution >= 0.6 is 0 Å². The third-order valence-electron chi connectivity index (χ3n) is 3.07. The van der Waals surface area contributed by atoms with Crippen LogP contribution in [0.3, 0.4) is 0 Å². The number of nitrogens with one attached hydrogen (secondary N) is 1. The van der Waals surface area contributed by atoms with Crippen molar-refractivity contribution in [3.8, 4) is 11.4 Å². The highest BCUT2D eigenvalue weighted by Crippen LogP contribution is 2.18. The Morgan fingerprint density at radius 3 is 2.42 bits per heavy atom. The molecule has 142 valence electrons. The minimum absolute atomic E-state index is 0.118. The zero-order valence-electron chi connectivity index (χ0n) is 14.7. The van der Waals surface area contributed by atoms with E-state index in [9.17, 15) is 18.0 Å². The van der Waals surface area contributed by atoms with Gasteiger partial charge in [0.25, 0.3) is 0 Å². The Morgan fingerprint density at radius 2 is 1.85 bits per heavy atom. The van der Waals surface area contributed by atoms with Crippen LogP contribution in [0.25, 0.3) is 11.4 Å². The monoisotopic (exact) mass is 371 g/mol. The highest BCUT2D eigenvalue weighted by atomic mass is 19.4. The summed E-state index contributed by atoms with van der Waals surface area (Å²) in [5.74, 6) is 0.118. The molecule has 0 saturated heterocycles. The molecule has 0 radical (unpaired) electrons. The third kappa shape index (κ3) is 6.69. The molecule has 0 bridgehead atoms. The van der Waals surface area contributed by atoms with Gasteiger partial charge in [-0.25, -0.2) is 4.79 Å². The molecule has 0 spiro atoms. The molecule has 26 heavy (non-hydrogen) atoms. The fraction of sp³-hybridized carbons (Fsp3) is 0.500. The van der Waals surface area contributed by atoms with E-state index in [0.717, 1.165) is 5.56 Å². The first-order valence-corrected chi connectivity index (χ1v) is 7.92. The van der Waals surface area contributed by atoms with Crippen LogP contribution in [-0.4, -0.2) is 44.6 Å². The van der Waals surface area contributed by atoms with E-state index in [1.807, 2.05) is 0 Å². The third-order valence-corrected chi connectivity index (χ3v) is 3.07. The fourth-order valence-electron chi connectivity index (χ4n) is 2.03. The molecule has 0 saturated carbocycles. The van der Waals surface area contributed by atoms with Gasteiger partial charge in [0.2, 0.25) is 5.82 Å². The first-order chi connectivity index (χ1) is 12.0. The number of amides is 1. The zero-order valence-corrected chi connectivity index (χ0v) is 14.7. The molecule has 0 aliphatic rings. The quantitative estimate of drug-likeness (QED) is 0.874. The van der Waals surface area contributed by atoms with Gasteiger partial charge in [-0.15, -0.1) is 10.2 Å². The zero-order chi connectivity index (χ0) is 19.4. The number of carbonyl (C=O) groups excluding carboxylic acids is 1. The van der Waals surface area contributed by atoms with Crippen molar-refractivity contribution < 1.29 is 22.7 Å². The molecule has 1 aromatic heterocycles. The summed E-state index contributed by atoms with van der Waals surface area (Å²) in [7, 11) is 0. The van der Waals surface area contributed by atoms with E-state index < -0.39 is 24.4 Å². The van der Waals surface area contributed by atoms with E-state index >= 15 is 0 Å². The maximum absolute atomic E-state index is 12.3. The van der Waals surface area contributed by atoms with Crippen LogP contribution in [0.5, 0.6) is 0 Å². The van der Waals surface area contributed by atoms with Crippen molar-refractivity contribution in [2.24, 2.45) is 0 Å². The Labute approximate surface area is 148 Å². The van der Waals surface area contributed by atoms with Crippen LogP contribution in [0, 0.1) is 0 Å². The lowest BCUT2D eigenvalue weighted by Gasteiger charge is -2.19. The van der Waals surface area contributed by atoms with Crippen LogP contribution in [0.1, 0.15) is 26.3 Å². The summed E-state index contributed by atoms with van der Waals surface area (Å²) < 4.78 is 42.0. The van der Waals surface area contributed by atoms with Crippen molar-refractivity contribution in [1.82, 2.24) is 25.5 Å². The lowest BCUT2D eigenvalue weighted by atomic mass is 10.1. The van der Waals surface area contributed by atoms with Gasteiger partial charge in [-0.2, -0.15) is 18.0 Å². The summed E-state index contributed by atoms with van der Waals surface area (Å²) in [6, 6.07) is 6.96. The van der Waals surface area contributed by atoms with Crippen molar-refractivity contribution in [1.29, 1.82) is 0 Å². The molecule has 1 aromatic carbocycles. The van der Waals surface area contributed by atoms with Crippen molar-refractivity contribution in [2.45, 2.75) is 45.5 Å². The summed E-state index contributed by atoms with van der Waals surface area (Å²) in [4.78, 5) is 12.1. The summed E-state index contributed by atoms with van der Waals surface area (Å²) in [5, 5.41) is 13.4. The van der Waals surface area contributed by atoms with E-state index in [1.54, 1.807) is 45.0 Å². The van der Waals surface area contributed by atoms with E-state index in [0.29, 0.717) is 23.3 Å². The summed E-state index contributed by atoms with van der Waals surface area (Å²) in [5.41, 5.74) is 0.942. The predicted molar refractivity (Wildman–Crippen MR) is 87.2 cm³/mol. The number of rotatable bonds is 5. The van der Waals surface area contributed by atoms with Crippen molar-refractivity contribution in [2.75, 3.05) is 6.54 Å². The van der Waals surface area contributed by atoms with Gasteiger partial charge in [-0.05, 0) is 38.0 Å². The second-order valence-electron chi connectivity index (χ2n) is 6.63. The van der Waals surface area contributed by atoms with Gasteiger partial charge in [0.15, 0.2) is 6.54 Å². The molecule has 0 fully saturated rings. The van der Waals surface area contributed by atoms with Gasteiger partial charge in [-0.1, -0.05) is 24.3 Å². The Kier molecular flexibility index (Phi) is 5.83. The molecule has 1 heterocycles. The van der Waals surface area contributed by atoms with Gasteiger partial charge in [0, 0.05) is 12.1 Å². The molecule has 1 amide bonds. The normalized spacial score (nSPS) is 12.1. The topological polar surface area (TPSA) is 81.9 Å². The fourth-order valence-corrected chi connectivity index (χ4v) is 2.03. The summed E-state index contributed by atoms with van der Waals surface area (Å²) in [6.07, 6.45) is -4.31. The van der Waals surface area contributed by atoms with Gasteiger partial charge in [0.05, 0.1) is 0 Å². The SMILES string of the molecule is CC(C)(C)OC(=O)NCCc1ccc(-c2nnn(CC(F)(F)F)n2)cc1. The molecular weight excluding hydrogens is 351 g/mol. The number of alkyl carbamates (subject to hydrolysis) is 1. The second-order valence-corrected chi connectivity index (χ2v) is 6.63. The van der Waals surface area contributed by atoms with Gasteiger partial charge in [-0.3, -0.25) is 0 Å². The highest BCUT2D eigenvalue weighted by molar-refractivity contribution is 5.67. The van der Waals surface area contributed by atoms with Crippen molar-refractivity contribution in [3.05, 3.63) is 29.8 Å². The number of alkyl halides is 3. The van der Waals surface area contributed by atoms with Crippen LogP contribution < -0.4 is 5.32 Å². The lowest BCUT2D eigenvalue weighted by Crippen LogP contribution is -2.33. The van der Waals surface area contributed by atoms with E-state index in [-0.39, 0.29) is 5.82 Å². The average molecular weight is 371 g/mol. The smallest absolute Gasteiger partial charge is 0.409 e. The largest absolute Gasteiger partial charge is 0.444 e. The molecule has 1 N–H and O–H groups in total. The molecule has 10 heteroatoms. The summed E-state index contributed by atoms with van der Waals surface area (Å²) in [6.45, 7) is 4.46. The molecule has 2 aromatic rings. The predicted octanol–water partition coefficient (Wildman–Crippen LogP) is 2.97. The van der Waals surface area contributed by atoms with Crippen LogP contribution in [-0.2, 0) is 17.7 Å². The number of carbonyl (C=O) groups is 1. The van der Waals surface area contributed by atoms with Gasteiger partial charge < -0.3 is 10.1 Å². The van der Waals surface area contributed by atoms with Gasteiger partial charge >= 0.3 is 12.3 Å². The molecule has 0 aliphatic carbocycles. The molecule has 7 nitrogen and oxygen atoms in total. The number of ether oxygens (including phenoxy) is 1. The highest BCUT2D eigenvalue weighted by Gasteiger charge is 2.29. The minimum Gasteiger partial charge on any atom is -0.444 e. The number of nitrogens with zero attached hydrogens (tertiary/aromatic N) is 4. The van der Waals surface area contributed by atoms with Crippen molar-refractivity contribution in [3.63, 3.8) is 0 Å². The Balaban J connectivity index is 1.87. The van der Waals surface area contributed by atoms with Gasteiger partial charge in [0.1, 0.15) is 5.60 Å². The number of hydrogen-bond acceptors (Lipinski definition) is 5. The second kappa shape index (κ2) is 7.71. The van der Waals surface area contributed by atoms with E-state index in [4.69, 9.17) is 4.74 Å². The minimum atomic E-state index is -4.40. The Bertz CT molecular complexity index is 736. The number of halogens is 3. The Hall–Kier alpha value is -2.65. The molecule has 0 atom stereocenters. The lowest BCUT2D eigenvalue weighted by molar-refractivity contribution is -0.145. The van der Waals surface area contributed by atoms with Crippen LogP contribution in [0.4, 0.5) is 18.0 Å². The van der Waals surface area contributed by atoms with Crippen molar-refractivity contribution >= 4 is 6.09 Å². The average Bonchev–Trinajstić information content (AvgIpc) is 2.92. The molecular formula is C16H20F3N5O2. The first kappa shape index (κ1) is 19.7. The molecule has 0 unspecified atom stereocenters. The summed E-state index contributed by atoms with van der Waals surface area (Å²) >= 11 is 0.